The molecule has 1 aromatic heterocycles. The normalized spacial score (nSPS) is 15.6. The number of aromatic nitrogens is 3. The number of benzene rings is 2. The number of amides is 1. The number of nitrogens with one attached hydrogen (secondary N) is 1. The molecule has 1 amide bonds. The fraction of sp³-hybridized carbons (Fsp3) is 0.385. The molecule has 0 spiro atoms. The highest BCUT2D eigenvalue weighted by Crippen LogP contribution is 2.16. The van der Waals surface area contributed by atoms with Gasteiger partial charge in [-0.15, -0.1) is 0 Å². The molecule has 1 fully saturated rings. The molecule has 4 rings (SSSR count). The third-order valence-electron chi connectivity index (χ3n) is 6.02. The van der Waals surface area contributed by atoms with E-state index in [1.54, 1.807) is 12.1 Å². The molecule has 0 saturated carbocycles. The summed E-state index contributed by atoms with van der Waals surface area (Å²) in [5, 5.41) is 6.95. The Morgan fingerprint density at radius 2 is 1.94 bits per heavy atom. The molecule has 0 bridgehead atoms. The zero-order valence-electron chi connectivity index (χ0n) is 19.8. The minimum Gasteiger partial charge on any atom is -0.376 e. The van der Waals surface area contributed by atoms with E-state index in [-0.39, 0.29) is 18.3 Å². The van der Waals surface area contributed by atoms with Crippen molar-refractivity contribution in [1.82, 2.24) is 19.7 Å². The molecule has 2 heterocycles. The first kappa shape index (κ1) is 23.6. The van der Waals surface area contributed by atoms with Crippen LogP contribution in [0.25, 0.3) is 5.69 Å². The molecule has 0 unspecified atom stereocenters. The highest BCUT2D eigenvalue weighted by Gasteiger charge is 2.23. The monoisotopic (exact) mass is 462 g/mol. The topological polar surface area (TPSA) is 95.2 Å². The molecule has 3 aromatic rings. The maximum atomic E-state index is 13.4. The predicted molar refractivity (Wildman–Crippen MR) is 130 cm³/mol. The maximum Gasteiger partial charge on any atom is 0.352 e. The number of rotatable bonds is 7. The van der Waals surface area contributed by atoms with Crippen LogP contribution in [-0.2, 0) is 11.3 Å². The van der Waals surface area contributed by atoms with Crippen LogP contribution in [0.3, 0.4) is 0 Å². The lowest BCUT2D eigenvalue weighted by Crippen LogP contribution is -2.46. The van der Waals surface area contributed by atoms with Gasteiger partial charge in [0, 0.05) is 13.2 Å². The average molecular weight is 463 g/mol. The Kier molecular flexibility index (Phi) is 7.07. The van der Waals surface area contributed by atoms with Gasteiger partial charge in [-0.05, 0) is 48.9 Å². The molecule has 1 atom stereocenters. The Hall–Kier alpha value is -3.52. The number of aryl methyl sites for hydroxylation is 1. The molecule has 1 saturated heterocycles. The summed E-state index contributed by atoms with van der Waals surface area (Å²) in [5.41, 5.74) is 1.76. The van der Waals surface area contributed by atoms with E-state index in [0.29, 0.717) is 24.8 Å². The molecule has 8 nitrogen and oxygen atoms in total. The number of carbonyl (C=O) groups is 1. The second kappa shape index (κ2) is 10.2. The van der Waals surface area contributed by atoms with Gasteiger partial charge in [0.15, 0.2) is 0 Å². The number of hydrogen-bond acceptors (Lipinski definition) is 5. The Labute approximate surface area is 198 Å². The molecular formula is C26H30N4O4. The Balaban J connectivity index is 1.76. The van der Waals surface area contributed by atoms with Gasteiger partial charge in [0.05, 0.1) is 18.3 Å². The summed E-state index contributed by atoms with van der Waals surface area (Å²) in [6.07, 6.45) is 1.72. The lowest BCUT2D eigenvalue weighted by atomic mass is 10.0. The van der Waals surface area contributed by atoms with Gasteiger partial charge >= 0.3 is 5.69 Å². The first-order valence-corrected chi connectivity index (χ1v) is 11.6. The summed E-state index contributed by atoms with van der Waals surface area (Å²) >= 11 is 0. The van der Waals surface area contributed by atoms with Crippen molar-refractivity contribution in [3.63, 3.8) is 0 Å². The minimum absolute atomic E-state index is 0.0396. The minimum atomic E-state index is -0.716. The molecule has 34 heavy (non-hydrogen) atoms. The van der Waals surface area contributed by atoms with Gasteiger partial charge in [0.1, 0.15) is 0 Å². The Morgan fingerprint density at radius 1 is 1.18 bits per heavy atom. The zero-order chi connectivity index (χ0) is 24.2. The van der Waals surface area contributed by atoms with Gasteiger partial charge in [-0.25, -0.2) is 4.79 Å². The second-order valence-corrected chi connectivity index (χ2v) is 9.01. The zero-order valence-corrected chi connectivity index (χ0v) is 19.8. The van der Waals surface area contributed by atoms with Crippen LogP contribution < -0.4 is 16.6 Å². The van der Waals surface area contributed by atoms with Crippen LogP contribution >= 0.6 is 0 Å². The summed E-state index contributed by atoms with van der Waals surface area (Å²) in [4.78, 5) is 39.6. The van der Waals surface area contributed by atoms with Crippen molar-refractivity contribution in [2.45, 2.75) is 52.2 Å². The third kappa shape index (κ3) is 5.17. The first-order valence-electron chi connectivity index (χ1n) is 11.6. The molecule has 1 aliphatic rings. The van der Waals surface area contributed by atoms with E-state index in [2.05, 4.69) is 24.3 Å². The SMILES string of the molecule is Cc1cccc(Cn2c(=O)c(C(=O)NC[C@@H]3CCCO3)nn(-c3ccc(C(C)C)cc3)c2=O)c1. The van der Waals surface area contributed by atoms with Crippen molar-refractivity contribution in [3.05, 3.63) is 91.8 Å². The van der Waals surface area contributed by atoms with Gasteiger partial charge < -0.3 is 10.1 Å². The average Bonchev–Trinajstić information content (AvgIpc) is 3.34. The fourth-order valence-electron chi connectivity index (χ4n) is 4.05. The van der Waals surface area contributed by atoms with Crippen molar-refractivity contribution < 1.29 is 9.53 Å². The van der Waals surface area contributed by atoms with Crippen LogP contribution in [0.5, 0.6) is 0 Å². The summed E-state index contributed by atoms with van der Waals surface area (Å²) in [6, 6.07) is 15.0. The van der Waals surface area contributed by atoms with Crippen LogP contribution in [0, 0.1) is 6.92 Å². The van der Waals surface area contributed by atoms with Crippen LogP contribution in [0.2, 0.25) is 0 Å². The summed E-state index contributed by atoms with van der Waals surface area (Å²) < 4.78 is 7.75. The first-order chi connectivity index (χ1) is 16.3. The van der Waals surface area contributed by atoms with Gasteiger partial charge in [0.25, 0.3) is 11.5 Å². The highest BCUT2D eigenvalue weighted by atomic mass is 16.5. The van der Waals surface area contributed by atoms with Crippen molar-refractivity contribution in [2.24, 2.45) is 0 Å². The van der Waals surface area contributed by atoms with Gasteiger partial charge in [-0.3, -0.25) is 14.2 Å². The molecule has 1 N–H and O–H groups in total. The van der Waals surface area contributed by atoms with Crippen LogP contribution in [-0.4, -0.2) is 39.5 Å². The molecule has 8 heteroatoms. The largest absolute Gasteiger partial charge is 0.376 e. The summed E-state index contributed by atoms with van der Waals surface area (Å²) in [5.74, 6) is -0.292. The van der Waals surface area contributed by atoms with Crippen LogP contribution in [0.15, 0.2) is 58.1 Å². The van der Waals surface area contributed by atoms with Crippen molar-refractivity contribution in [1.29, 1.82) is 0 Å². The summed E-state index contributed by atoms with van der Waals surface area (Å²) in [6.45, 7) is 7.10. The van der Waals surface area contributed by atoms with Crippen LogP contribution in [0.1, 0.15) is 59.8 Å². The van der Waals surface area contributed by atoms with Crippen molar-refractivity contribution >= 4 is 5.91 Å². The number of hydrogen-bond donors (Lipinski definition) is 1. The second-order valence-electron chi connectivity index (χ2n) is 9.01. The standard InChI is InChI=1S/C26H30N4O4/c1-17(2)20-9-11-21(12-10-20)30-26(33)29(16-19-7-4-6-18(3)14-19)25(32)23(28-30)24(31)27-15-22-8-5-13-34-22/h4,6-7,9-12,14,17,22H,5,8,13,15-16H2,1-3H3,(H,27,31)/t22-/m0/s1. The van der Waals surface area contributed by atoms with E-state index < -0.39 is 17.2 Å². The van der Waals surface area contributed by atoms with Gasteiger partial charge in [-0.1, -0.05) is 55.8 Å². The highest BCUT2D eigenvalue weighted by molar-refractivity contribution is 5.91. The van der Waals surface area contributed by atoms with E-state index in [9.17, 15) is 14.4 Å². The lowest BCUT2D eigenvalue weighted by molar-refractivity contribution is 0.0849. The smallest absolute Gasteiger partial charge is 0.352 e. The molecule has 2 aromatic carbocycles. The van der Waals surface area contributed by atoms with Gasteiger partial charge in [-0.2, -0.15) is 9.78 Å². The number of nitrogens with zero attached hydrogens (tertiary/aromatic N) is 3. The van der Waals surface area contributed by atoms with Crippen molar-refractivity contribution in [2.75, 3.05) is 13.2 Å². The lowest BCUT2D eigenvalue weighted by Gasteiger charge is -2.14. The quantitative estimate of drug-likeness (QED) is 0.583. The van der Waals surface area contributed by atoms with E-state index in [1.807, 2.05) is 43.3 Å². The van der Waals surface area contributed by atoms with E-state index in [4.69, 9.17) is 4.74 Å². The molecular weight excluding hydrogens is 432 g/mol. The number of ether oxygens (including phenoxy) is 1. The molecule has 178 valence electrons. The summed E-state index contributed by atoms with van der Waals surface area (Å²) in [7, 11) is 0. The Bertz CT molecular complexity index is 1290. The van der Waals surface area contributed by atoms with Crippen LogP contribution in [0.4, 0.5) is 0 Å². The number of carbonyl (C=O) groups excluding carboxylic acids is 1. The van der Waals surface area contributed by atoms with E-state index in [0.717, 1.165) is 38.8 Å². The fourth-order valence-corrected chi connectivity index (χ4v) is 4.05. The molecule has 0 radical (unpaired) electrons. The predicted octanol–water partition coefficient (Wildman–Crippen LogP) is 2.78. The van der Waals surface area contributed by atoms with Gasteiger partial charge in [0.2, 0.25) is 5.69 Å². The van der Waals surface area contributed by atoms with E-state index in [1.165, 1.54) is 0 Å². The maximum absolute atomic E-state index is 13.4. The Morgan fingerprint density at radius 3 is 2.59 bits per heavy atom. The molecule has 1 aliphatic heterocycles. The molecule has 0 aliphatic carbocycles. The van der Waals surface area contributed by atoms with Crippen molar-refractivity contribution in [3.8, 4) is 5.69 Å². The third-order valence-corrected chi connectivity index (χ3v) is 6.02. The van der Waals surface area contributed by atoms with E-state index >= 15 is 0 Å².